The third-order valence-electron chi connectivity index (χ3n) is 3.64. The van der Waals surface area contributed by atoms with Gasteiger partial charge in [-0.3, -0.25) is 15.3 Å². The number of benzene rings is 1. The first-order valence-corrected chi connectivity index (χ1v) is 7.36. The van der Waals surface area contributed by atoms with Crippen molar-refractivity contribution in [1.29, 1.82) is 0 Å². The van der Waals surface area contributed by atoms with Crippen molar-refractivity contribution in [3.63, 3.8) is 0 Å². The Bertz CT molecular complexity index is 555. The summed E-state index contributed by atoms with van der Waals surface area (Å²) in [6.07, 6.45) is -0.681. The molecule has 3 N–H and O–H groups in total. The summed E-state index contributed by atoms with van der Waals surface area (Å²) in [7, 11) is 0. The number of amides is 1. The Morgan fingerprint density at radius 3 is 2.17 bits per heavy atom. The second-order valence-corrected chi connectivity index (χ2v) is 5.07. The smallest absolute Gasteiger partial charge is 0.349 e. The Labute approximate surface area is 135 Å². The molecular weight excluding hydrogens is 300 g/mol. The van der Waals surface area contributed by atoms with Crippen molar-refractivity contribution in [3.05, 3.63) is 35.9 Å². The Balaban J connectivity index is 2.89. The van der Waals surface area contributed by atoms with E-state index in [9.17, 15) is 14.4 Å². The van der Waals surface area contributed by atoms with E-state index in [1.165, 1.54) is 6.92 Å². The summed E-state index contributed by atoms with van der Waals surface area (Å²) in [4.78, 5) is 40.2. The molecule has 0 bridgehead atoms. The molecule has 0 aliphatic carbocycles. The summed E-state index contributed by atoms with van der Waals surface area (Å²) in [5.74, 6) is -2.20. The molecule has 0 saturated heterocycles. The molecule has 0 spiro atoms. The molecule has 1 amide bonds. The van der Waals surface area contributed by atoms with Crippen molar-refractivity contribution in [2.75, 3.05) is 0 Å². The second-order valence-electron chi connectivity index (χ2n) is 5.07. The number of ether oxygens (including phenoxy) is 1. The van der Waals surface area contributed by atoms with Crippen LogP contribution in [0.15, 0.2) is 30.3 Å². The molecule has 1 atom stereocenters. The molecular formula is C16H22N2O5. The molecule has 0 aliphatic rings. The van der Waals surface area contributed by atoms with Crippen LogP contribution < -0.4 is 11.2 Å². The number of hydroxylamine groups is 1. The van der Waals surface area contributed by atoms with Crippen molar-refractivity contribution >= 4 is 17.8 Å². The minimum Gasteiger partial charge on any atom is -0.442 e. The molecule has 0 aliphatic heterocycles. The van der Waals surface area contributed by atoms with Gasteiger partial charge in [0.05, 0.1) is 0 Å². The van der Waals surface area contributed by atoms with Crippen LogP contribution in [-0.4, -0.2) is 17.8 Å². The van der Waals surface area contributed by atoms with Crippen LogP contribution in [0.5, 0.6) is 0 Å². The Morgan fingerprint density at radius 1 is 1.13 bits per heavy atom. The van der Waals surface area contributed by atoms with E-state index in [1.54, 1.807) is 38.1 Å². The zero-order chi connectivity index (χ0) is 17.5. The quantitative estimate of drug-likeness (QED) is 0.356. The Morgan fingerprint density at radius 2 is 1.70 bits per heavy atom. The summed E-state index contributed by atoms with van der Waals surface area (Å²) >= 11 is 0. The average molecular weight is 322 g/mol. The summed E-state index contributed by atoms with van der Waals surface area (Å²) < 4.78 is 5.24. The topological polar surface area (TPSA) is 108 Å². The summed E-state index contributed by atoms with van der Waals surface area (Å²) in [5.41, 5.74) is 6.88. The van der Waals surface area contributed by atoms with Gasteiger partial charge in [-0.05, 0) is 12.8 Å². The third-order valence-corrected chi connectivity index (χ3v) is 3.64. The first-order valence-electron chi connectivity index (χ1n) is 7.36. The van der Waals surface area contributed by atoms with E-state index in [0.29, 0.717) is 5.56 Å². The number of hydrogen-bond acceptors (Lipinski definition) is 6. The number of esters is 1. The molecule has 23 heavy (non-hydrogen) atoms. The number of rotatable bonds is 6. The van der Waals surface area contributed by atoms with E-state index in [0.717, 1.165) is 0 Å². The highest BCUT2D eigenvalue weighted by atomic mass is 16.7. The minimum absolute atomic E-state index is 0.155. The van der Waals surface area contributed by atoms with Crippen molar-refractivity contribution in [2.24, 2.45) is 11.1 Å². The fraction of sp³-hybridized carbons (Fsp3) is 0.438. The third kappa shape index (κ3) is 4.53. The van der Waals surface area contributed by atoms with E-state index >= 15 is 0 Å². The van der Waals surface area contributed by atoms with Crippen LogP contribution in [0.25, 0.3) is 0 Å². The number of carbonyl (C=O) groups excluding carboxylic acids is 3. The molecule has 1 rings (SSSR count). The summed E-state index contributed by atoms with van der Waals surface area (Å²) in [6.45, 7) is 4.51. The van der Waals surface area contributed by atoms with Crippen molar-refractivity contribution in [2.45, 2.75) is 39.8 Å². The molecule has 126 valence electrons. The van der Waals surface area contributed by atoms with Crippen LogP contribution >= 0.6 is 0 Å². The highest BCUT2D eigenvalue weighted by molar-refractivity contribution is 6.00. The van der Waals surface area contributed by atoms with Gasteiger partial charge in [-0.25, -0.2) is 4.79 Å². The van der Waals surface area contributed by atoms with Crippen molar-refractivity contribution in [1.82, 2.24) is 5.48 Å². The molecule has 1 aromatic carbocycles. The van der Waals surface area contributed by atoms with E-state index in [1.807, 2.05) is 11.5 Å². The fourth-order valence-corrected chi connectivity index (χ4v) is 2.07. The Kier molecular flexibility index (Phi) is 6.71. The van der Waals surface area contributed by atoms with Crippen molar-refractivity contribution < 1.29 is 24.0 Å². The van der Waals surface area contributed by atoms with E-state index in [4.69, 9.17) is 10.5 Å². The van der Waals surface area contributed by atoms with Gasteiger partial charge >= 0.3 is 11.9 Å². The monoisotopic (exact) mass is 322 g/mol. The fourth-order valence-electron chi connectivity index (χ4n) is 2.07. The van der Waals surface area contributed by atoms with Gasteiger partial charge in [-0.1, -0.05) is 44.2 Å². The molecule has 0 aromatic heterocycles. The molecule has 0 fully saturated rings. The summed E-state index contributed by atoms with van der Waals surface area (Å²) in [6, 6.07) is 8.77. The van der Waals surface area contributed by atoms with Gasteiger partial charge in [0.1, 0.15) is 0 Å². The van der Waals surface area contributed by atoms with E-state index in [2.05, 4.69) is 4.84 Å². The van der Waals surface area contributed by atoms with Gasteiger partial charge in [0, 0.05) is 12.5 Å². The van der Waals surface area contributed by atoms with Gasteiger partial charge in [0.2, 0.25) is 5.91 Å². The molecule has 0 radical (unpaired) electrons. The van der Waals surface area contributed by atoms with Gasteiger partial charge in [-0.15, -0.1) is 0 Å². The number of hydrogen-bond donors (Lipinski definition) is 2. The molecule has 0 saturated carbocycles. The maximum atomic E-state index is 12.5. The molecule has 1 unspecified atom stereocenters. The summed E-state index contributed by atoms with van der Waals surface area (Å²) in [5, 5.41) is 0. The predicted octanol–water partition coefficient (Wildman–Crippen LogP) is 1.59. The zero-order valence-corrected chi connectivity index (χ0v) is 13.5. The maximum absolute atomic E-state index is 12.5. The average Bonchev–Trinajstić information content (AvgIpc) is 2.55. The van der Waals surface area contributed by atoms with E-state index in [-0.39, 0.29) is 12.8 Å². The van der Waals surface area contributed by atoms with Gasteiger partial charge in [-0.2, -0.15) is 5.48 Å². The number of nitrogens with one attached hydrogen (secondary N) is 1. The lowest BCUT2D eigenvalue weighted by molar-refractivity contribution is -0.182. The molecule has 7 heteroatoms. The highest BCUT2D eigenvalue weighted by Crippen LogP contribution is 2.31. The largest absolute Gasteiger partial charge is 0.442 e. The first kappa shape index (κ1) is 18.6. The van der Waals surface area contributed by atoms with Gasteiger partial charge in [0.25, 0.3) is 0 Å². The van der Waals surface area contributed by atoms with Crippen LogP contribution in [0.4, 0.5) is 0 Å². The predicted molar refractivity (Wildman–Crippen MR) is 82.4 cm³/mol. The second kappa shape index (κ2) is 8.28. The van der Waals surface area contributed by atoms with Crippen LogP contribution in [0.1, 0.15) is 45.4 Å². The Hall–Kier alpha value is -2.41. The van der Waals surface area contributed by atoms with Crippen LogP contribution in [0.2, 0.25) is 0 Å². The lowest BCUT2D eigenvalue weighted by Gasteiger charge is -2.27. The number of nitrogens with two attached hydrogens (primary N) is 1. The molecule has 7 nitrogen and oxygen atoms in total. The first-order chi connectivity index (χ1) is 10.9. The standard InChI is InChI=1S/C16H22N2O5/c1-4-16(5-2,15(21)23-18-11(3)19)14(20)22-13(17)12-9-7-6-8-10-12/h6-10,13H,4-5,17H2,1-3H3,(H,18,19). The van der Waals surface area contributed by atoms with Crippen molar-refractivity contribution in [3.8, 4) is 0 Å². The maximum Gasteiger partial charge on any atom is 0.349 e. The van der Waals surface area contributed by atoms with Crippen LogP contribution in [0.3, 0.4) is 0 Å². The highest BCUT2D eigenvalue weighted by Gasteiger charge is 2.47. The van der Waals surface area contributed by atoms with Gasteiger partial charge in [0.15, 0.2) is 11.6 Å². The van der Waals surface area contributed by atoms with Crippen LogP contribution in [-0.2, 0) is 24.0 Å². The normalized spacial score (nSPS) is 12.2. The lowest BCUT2D eigenvalue weighted by Crippen LogP contribution is -2.44. The van der Waals surface area contributed by atoms with E-state index < -0.39 is 29.5 Å². The zero-order valence-electron chi connectivity index (χ0n) is 13.5. The molecule has 0 heterocycles. The minimum atomic E-state index is -1.52. The van der Waals surface area contributed by atoms with Crippen LogP contribution in [0, 0.1) is 5.41 Å². The van der Waals surface area contributed by atoms with Gasteiger partial charge < -0.3 is 9.57 Å². The lowest BCUT2D eigenvalue weighted by atomic mass is 9.82. The molecule has 1 aromatic rings. The SMILES string of the molecule is CCC(CC)(C(=O)ONC(C)=O)C(=O)OC(N)c1ccccc1. The number of carbonyl (C=O) groups is 3.